The van der Waals surface area contributed by atoms with Crippen LogP contribution >= 0.6 is 0 Å². The average molecular weight is 440 g/mol. The number of aromatic nitrogens is 2. The van der Waals surface area contributed by atoms with E-state index in [9.17, 15) is 9.59 Å². The lowest BCUT2D eigenvalue weighted by atomic mass is 10.1. The van der Waals surface area contributed by atoms with Gasteiger partial charge >= 0.3 is 0 Å². The van der Waals surface area contributed by atoms with E-state index in [4.69, 9.17) is 0 Å². The van der Waals surface area contributed by atoms with Crippen LogP contribution in [-0.4, -0.2) is 27.6 Å². The fourth-order valence-electron chi connectivity index (χ4n) is 3.63. The molecule has 0 aliphatic heterocycles. The van der Waals surface area contributed by atoms with Gasteiger partial charge in [-0.15, -0.1) is 0 Å². The zero-order chi connectivity index (χ0) is 23.4. The Bertz CT molecular complexity index is 1350. The molecule has 2 amide bonds. The molecule has 0 aliphatic rings. The van der Waals surface area contributed by atoms with E-state index >= 15 is 0 Å². The van der Waals surface area contributed by atoms with Crippen molar-refractivity contribution in [3.8, 4) is 0 Å². The summed E-state index contributed by atoms with van der Waals surface area (Å²) < 4.78 is 2.10. The number of hydrazone groups is 1. The highest BCUT2D eigenvalue weighted by Gasteiger charge is 2.10. The van der Waals surface area contributed by atoms with E-state index in [-0.39, 0.29) is 11.8 Å². The van der Waals surface area contributed by atoms with Gasteiger partial charge in [0.2, 0.25) is 0 Å². The van der Waals surface area contributed by atoms with Crippen LogP contribution in [0.4, 0.5) is 5.69 Å². The van der Waals surface area contributed by atoms with E-state index in [1.165, 1.54) is 6.21 Å². The minimum atomic E-state index is -0.319. The predicted octanol–water partition coefficient (Wildman–Crippen LogP) is 4.69. The molecular weight excluding hydrogens is 414 g/mol. The Labute approximate surface area is 192 Å². The molecule has 1 aromatic heterocycles. The van der Waals surface area contributed by atoms with Gasteiger partial charge in [-0.3, -0.25) is 9.59 Å². The Morgan fingerprint density at radius 3 is 2.48 bits per heavy atom. The van der Waals surface area contributed by atoms with Gasteiger partial charge in [-0.2, -0.15) is 5.10 Å². The fraction of sp³-hybridized carbons (Fsp3) is 0.154. The zero-order valence-electron chi connectivity index (χ0n) is 18.8. The Hall–Kier alpha value is -4.26. The number of aryl methyl sites for hydroxylation is 3. The van der Waals surface area contributed by atoms with Crippen LogP contribution in [0.3, 0.4) is 0 Å². The van der Waals surface area contributed by atoms with Crippen molar-refractivity contribution < 1.29 is 9.59 Å². The lowest BCUT2D eigenvalue weighted by Crippen LogP contribution is -2.17. The van der Waals surface area contributed by atoms with Gasteiger partial charge in [0.1, 0.15) is 5.82 Å². The number of anilines is 1. The minimum Gasteiger partial charge on any atom is -0.329 e. The number of amides is 2. The first kappa shape index (κ1) is 22.0. The van der Waals surface area contributed by atoms with E-state index in [2.05, 4.69) is 32.3 Å². The van der Waals surface area contributed by atoms with Crippen LogP contribution in [-0.2, 0) is 6.54 Å². The second kappa shape index (κ2) is 9.48. The molecule has 0 atom stereocenters. The number of benzene rings is 3. The van der Waals surface area contributed by atoms with E-state index in [0.29, 0.717) is 16.8 Å². The van der Waals surface area contributed by atoms with E-state index < -0.39 is 0 Å². The van der Waals surface area contributed by atoms with Gasteiger partial charge in [-0.25, -0.2) is 10.4 Å². The van der Waals surface area contributed by atoms with Gasteiger partial charge < -0.3 is 9.88 Å². The third-order valence-electron chi connectivity index (χ3n) is 5.36. The summed E-state index contributed by atoms with van der Waals surface area (Å²) in [7, 11) is 0. The van der Waals surface area contributed by atoms with E-state index in [0.717, 1.165) is 34.5 Å². The van der Waals surface area contributed by atoms with Crippen molar-refractivity contribution in [3.05, 3.63) is 94.8 Å². The van der Waals surface area contributed by atoms with Crippen LogP contribution in [0.5, 0.6) is 0 Å². The molecule has 0 bridgehead atoms. The molecule has 0 saturated carbocycles. The molecule has 7 nitrogen and oxygen atoms in total. The molecule has 3 aromatic carbocycles. The van der Waals surface area contributed by atoms with Crippen molar-refractivity contribution in [2.45, 2.75) is 27.3 Å². The molecule has 0 aliphatic carbocycles. The Balaban J connectivity index is 1.41. The van der Waals surface area contributed by atoms with Crippen molar-refractivity contribution >= 4 is 34.7 Å². The summed E-state index contributed by atoms with van der Waals surface area (Å²) in [5.41, 5.74) is 7.88. The van der Waals surface area contributed by atoms with Gasteiger partial charge in [0.05, 0.1) is 17.2 Å². The van der Waals surface area contributed by atoms with Crippen LogP contribution in [0.1, 0.15) is 44.6 Å². The number of nitrogens with zero attached hydrogens (tertiary/aromatic N) is 3. The summed E-state index contributed by atoms with van der Waals surface area (Å²) >= 11 is 0. The molecular formula is C26H25N5O2. The standard InChI is InChI=1S/C26H25N5O2/c1-4-31-18(3)28-23-15-21(12-13-24(23)31)26(33)30-27-16-19-6-5-7-22(14-19)29-25(32)20-10-8-17(2)9-11-20/h5-16H,4H2,1-3H3,(H,29,32)(H,30,33)/b27-16+. The molecule has 2 N–H and O–H groups in total. The normalized spacial score (nSPS) is 11.1. The molecule has 166 valence electrons. The van der Waals surface area contributed by atoms with Crippen LogP contribution in [0.15, 0.2) is 71.8 Å². The Morgan fingerprint density at radius 2 is 1.73 bits per heavy atom. The van der Waals surface area contributed by atoms with Gasteiger partial charge in [0.15, 0.2) is 0 Å². The maximum Gasteiger partial charge on any atom is 0.271 e. The quantitative estimate of drug-likeness (QED) is 0.337. The van der Waals surface area contributed by atoms with Crippen LogP contribution in [0, 0.1) is 13.8 Å². The smallest absolute Gasteiger partial charge is 0.271 e. The first-order valence-corrected chi connectivity index (χ1v) is 10.7. The largest absolute Gasteiger partial charge is 0.329 e. The zero-order valence-corrected chi connectivity index (χ0v) is 18.8. The summed E-state index contributed by atoms with van der Waals surface area (Å²) in [6.45, 7) is 6.81. The molecule has 0 fully saturated rings. The van der Waals surface area contributed by atoms with Crippen molar-refractivity contribution in [1.29, 1.82) is 0 Å². The highest BCUT2D eigenvalue weighted by atomic mass is 16.2. The molecule has 4 rings (SSSR count). The highest BCUT2D eigenvalue weighted by Crippen LogP contribution is 2.18. The van der Waals surface area contributed by atoms with Crippen LogP contribution in [0.2, 0.25) is 0 Å². The third kappa shape index (κ3) is 4.98. The van der Waals surface area contributed by atoms with Crippen molar-refractivity contribution in [2.24, 2.45) is 5.10 Å². The first-order chi connectivity index (χ1) is 15.9. The Kier molecular flexibility index (Phi) is 6.31. The lowest BCUT2D eigenvalue weighted by molar-refractivity contribution is 0.0954. The first-order valence-electron chi connectivity index (χ1n) is 10.7. The topological polar surface area (TPSA) is 88.4 Å². The van der Waals surface area contributed by atoms with Gasteiger partial charge in [-0.05, 0) is 68.8 Å². The lowest BCUT2D eigenvalue weighted by Gasteiger charge is -2.06. The maximum atomic E-state index is 12.5. The molecule has 7 heteroatoms. The molecule has 0 radical (unpaired) electrons. The molecule has 0 saturated heterocycles. The molecule has 0 spiro atoms. The van der Waals surface area contributed by atoms with Crippen molar-refractivity contribution in [1.82, 2.24) is 15.0 Å². The molecule has 4 aromatic rings. The number of nitrogens with one attached hydrogen (secondary N) is 2. The molecule has 0 unspecified atom stereocenters. The van der Waals surface area contributed by atoms with Crippen molar-refractivity contribution in [3.63, 3.8) is 0 Å². The summed E-state index contributed by atoms with van der Waals surface area (Å²) in [5.74, 6) is 0.409. The monoisotopic (exact) mass is 439 g/mol. The highest BCUT2D eigenvalue weighted by molar-refractivity contribution is 6.04. The van der Waals surface area contributed by atoms with Crippen LogP contribution < -0.4 is 10.7 Å². The van der Waals surface area contributed by atoms with Gasteiger partial charge in [-0.1, -0.05) is 29.8 Å². The van der Waals surface area contributed by atoms with Gasteiger partial charge in [0, 0.05) is 23.4 Å². The number of hydrogen-bond acceptors (Lipinski definition) is 4. The number of fused-ring (bicyclic) bond motifs is 1. The summed E-state index contributed by atoms with van der Waals surface area (Å²) in [6.07, 6.45) is 1.54. The van der Waals surface area contributed by atoms with Crippen molar-refractivity contribution in [2.75, 3.05) is 5.32 Å². The molecule has 33 heavy (non-hydrogen) atoms. The Morgan fingerprint density at radius 1 is 0.970 bits per heavy atom. The maximum absolute atomic E-state index is 12.5. The average Bonchev–Trinajstić information content (AvgIpc) is 3.13. The van der Waals surface area contributed by atoms with E-state index in [1.54, 1.807) is 36.4 Å². The van der Waals surface area contributed by atoms with E-state index in [1.807, 2.05) is 44.2 Å². The van der Waals surface area contributed by atoms with Gasteiger partial charge in [0.25, 0.3) is 11.8 Å². The SMILES string of the molecule is CCn1c(C)nc2cc(C(=O)N/N=C/c3cccc(NC(=O)c4ccc(C)cc4)c3)ccc21. The summed E-state index contributed by atoms with van der Waals surface area (Å²) in [4.78, 5) is 29.5. The second-order valence-electron chi connectivity index (χ2n) is 7.75. The number of hydrogen-bond donors (Lipinski definition) is 2. The van der Waals surface area contributed by atoms with Crippen LogP contribution in [0.25, 0.3) is 11.0 Å². The predicted molar refractivity (Wildman–Crippen MR) is 131 cm³/mol. The number of carbonyl (C=O) groups is 2. The fourth-order valence-corrected chi connectivity index (χ4v) is 3.63. The second-order valence-corrected chi connectivity index (χ2v) is 7.75. The molecule has 1 heterocycles. The number of imidazole rings is 1. The summed E-state index contributed by atoms with van der Waals surface area (Å²) in [6, 6.07) is 20.0. The number of carbonyl (C=O) groups excluding carboxylic acids is 2. The minimum absolute atomic E-state index is 0.187. The summed E-state index contributed by atoms with van der Waals surface area (Å²) in [5, 5.41) is 6.94. The third-order valence-corrected chi connectivity index (χ3v) is 5.36. The number of rotatable bonds is 6.